The molecule has 0 fully saturated rings. The van der Waals surface area contributed by atoms with Crippen molar-refractivity contribution in [1.82, 2.24) is 9.78 Å². The third-order valence-corrected chi connectivity index (χ3v) is 1.94. The second kappa shape index (κ2) is 3.56. The van der Waals surface area contributed by atoms with E-state index >= 15 is 0 Å². The largest absolute Gasteiger partial charge is 0.270 e. The van der Waals surface area contributed by atoms with E-state index in [1.54, 1.807) is 0 Å². The second-order valence-electron chi connectivity index (χ2n) is 2.84. The quantitative estimate of drug-likeness (QED) is 0.649. The molecule has 0 bridgehead atoms. The van der Waals surface area contributed by atoms with Gasteiger partial charge in [0, 0.05) is 12.2 Å². The van der Waals surface area contributed by atoms with Crippen molar-refractivity contribution in [2.45, 2.75) is 40.2 Å². The Kier molecular flexibility index (Phi) is 2.69. The predicted molar refractivity (Wildman–Crippen MR) is 46.6 cm³/mol. The first-order valence-corrected chi connectivity index (χ1v) is 4.30. The third-order valence-electron chi connectivity index (χ3n) is 1.94. The Balaban J connectivity index is 2.88. The highest BCUT2D eigenvalue weighted by Crippen LogP contribution is 2.08. The summed E-state index contributed by atoms with van der Waals surface area (Å²) < 4.78 is 2.08. The molecule has 2 heteroatoms. The lowest BCUT2D eigenvalue weighted by Gasteiger charge is -2.03. The van der Waals surface area contributed by atoms with Crippen molar-refractivity contribution in [3.05, 3.63) is 17.5 Å². The van der Waals surface area contributed by atoms with E-state index in [-0.39, 0.29) is 0 Å². The van der Waals surface area contributed by atoms with Crippen LogP contribution < -0.4 is 0 Å². The van der Waals surface area contributed by atoms with Crippen LogP contribution in [0.3, 0.4) is 0 Å². The zero-order valence-corrected chi connectivity index (χ0v) is 7.59. The van der Waals surface area contributed by atoms with Gasteiger partial charge in [0.15, 0.2) is 0 Å². The van der Waals surface area contributed by atoms with Crippen LogP contribution in [0.5, 0.6) is 0 Å². The van der Waals surface area contributed by atoms with Crippen LogP contribution in [0.25, 0.3) is 0 Å². The number of hydrogen-bond donors (Lipinski definition) is 0. The van der Waals surface area contributed by atoms with Crippen LogP contribution in [0.1, 0.15) is 31.5 Å². The molecule has 1 aromatic rings. The smallest absolute Gasteiger partial charge is 0.0521 e. The highest BCUT2D eigenvalue weighted by molar-refractivity contribution is 5.15. The van der Waals surface area contributed by atoms with E-state index in [1.807, 2.05) is 6.20 Å². The van der Waals surface area contributed by atoms with Crippen LogP contribution in [0.4, 0.5) is 0 Å². The molecule has 0 radical (unpaired) electrons. The lowest BCUT2D eigenvalue weighted by molar-refractivity contribution is 0.614. The summed E-state index contributed by atoms with van der Waals surface area (Å²) in [6.07, 6.45) is 4.31. The molecule has 1 rings (SSSR count). The first-order chi connectivity index (χ1) is 5.29. The van der Waals surface area contributed by atoms with Crippen LogP contribution >= 0.6 is 0 Å². The molecule has 1 heterocycles. The molecule has 1 aromatic heterocycles. The average Bonchev–Trinajstić information content (AvgIpc) is 2.34. The Hall–Kier alpha value is -0.790. The van der Waals surface area contributed by atoms with Crippen molar-refractivity contribution >= 4 is 0 Å². The van der Waals surface area contributed by atoms with Crippen molar-refractivity contribution in [3.8, 4) is 0 Å². The van der Waals surface area contributed by atoms with E-state index in [0.717, 1.165) is 13.0 Å². The van der Waals surface area contributed by atoms with Crippen LogP contribution in [0, 0.1) is 6.92 Å². The first kappa shape index (κ1) is 8.31. The van der Waals surface area contributed by atoms with Crippen molar-refractivity contribution in [2.75, 3.05) is 0 Å². The number of hydrogen-bond acceptors (Lipinski definition) is 1. The fourth-order valence-corrected chi connectivity index (χ4v) is 1.34. The summed E-state index contributed by atoms with van der Waals surface area (Å²) in [5.41, 5.74) is 2.73. The standard InChI is InChI=1S/C9H16N2/c1-4-6-9-8(3)7-10-11(9)5-2/h7H,4-6H2,1-3H3. The van der Waals surface area contributed by atoms with Crippen LogP contribution in [0.2, 0.25) is 0 Å². The number of aromatic nitrogens is 2. The maximum Gasteiger partial charge on any atom is 0.0521 e. The molecule has 2 nitrogen and oxygen atoms in total. The van der Waals surface area contributed by atoms with Crippen LogP contribution in [0.15, 0.2) is 6.20 Å². The molecule has 0 aliphatic heterocycles. The first-order valence-electron chi connectivity index (χ1n) is 4.30. The summed E-state index contributed by atoms with van der Waals surface area (Å²) in [6, 6.07) is 0. The molecule has 62 valence electrons. The Morgan fingerprint density at radius 2 is 2.18 bits per heavy atom. The lowest BCUT2D eigenvalue weighted by Crippen LogP contribution is -2.02. The van der Waals surface area contributed by atoms with Gasteiger partial charge in [0.05, 0.1) is 6.20 Å². The summed E-state index contributed by atoms with van der Waals surface area (Å²) in [5, 5.41) is 4.27. The van der Waals surface area contributed by atoms with Crippen LogP contribution in [-0.2, 0) is 13.0 Å². The predicted octanol–water partition coefficient (Wildman–Crippen LogP) is 2.16. The molecular weight excluding hydrogens is 136 g/mol. The van der Waals surface area contributed by atoms with Crippen molar-refractivity contribution in [3.63, 3.8) is 0 Å². The summed E-state index contributed by atoms with van der Waals surface area (Å²) in [6.45, 7) is 7.45. The van der Waals surface area contributed by atoms with E-state index in [4.69, 9.17) is 0 Å². The Morgan fingerprint density at radius 1 is 1.45 bits per heavy atom. The minimum atomic E-state index is 0.989. The zero-order valence-electron chi connectivity index (χ0n) is 7.59. The highest BCUT2D eigenvalue weighted by atomic mass is 15.3. The van der Waals surface area contributed by atoms with Gasteiger partial charge < -0.3 is 0 Å². The Bertz CT molecular complexity index is 225. The second-order valence-corrected chi connectivity index (χ2v) is 2.84. The maximum atomic E-state index is 4.27. The topological polar surface area (TPSA) is 17.8 Å². The van der Waals surface area contributed by atoms with Crippen molar-refractivity contribution in [1.29, 1.82) is 0 Å². The molecule has 0 aliphatic carbocycles. The number of nitrogens with zero attached hydrogens (tertiary/aromatic N) is 2. The van der Waals surface area contributed by atoms with Gasteiger partial charge in [0.1, 0.15) is 0 Å². The number of aryl methyl sites for hydroxylation is 2. The number of rotatable bonds is 3. The average molecular weight is 152 g/mol. The molecule has 0 aromatic carbocycles. The van der Waals surface area contributed by atoms with Gasteiger partial charge in [-0.3, -0.25) is 4.68 Å². The minimum absolute atomic E-state index is 0.989. The molecule has 0 N–H and O–H groups in total. The van der Waals surface area contributed by atoms with Crippen LogP contribution in [-0.4, -0.2) is 9.78 Å². The van der Waals surface area contributed by atoms with E-state index < -0.39 is 0 Å². The van der Waals surface area contributed by atoms with Crippen molar-refractivity contribution < 1.29 is 0 Å². The summed E-state index contributed by atoms with van der Waals surface area (Å²) >= 11 is 0. The van der Waals surface area contributed by atoms with E-state index in [1.165, 1.54) is 17.7 Å². The van der Waals surface area contributed by atoms with Gasteiger partial charge in [-0.2, -0.15) is 5.10 Å². The Labute approximate surface area is 68.2 Å². The monoisotopic (exact) mass is 152 g/mol. The summed E-state index contributed by atoms with van der Waals surface area (Å²) in [5.74, 6) is 0. The Morgan fingerprint density at radius 3 is 2.73 bits per heavy atom. The maximum absolute atomic E-state index is 4.27. The van der Waals surface area contributed by atoms with E-state index in [0.29, 0.717) is 0 Å². The minimum Gasteiger partial charge on any atom is -0.270 e. The molecule has 11 heavy (non-hydrogen) atoms. The van der Waals surface area contributed by atoms with Gasteiger partial charge in [-0.05, 0) is 25.8 Å². The molecule has 0 amide bonds. The molecule has 0 spiro atoms. The van der Waals surface area contributed by atoms with Gasteiger partial charge in [0.25, 0.3) is 0 Å². The fraction of sp³-hybridized carbons (Fsp3) is 0.667. The SMILES string of the molecule is CCCc1c(C)cnn1CC. The van der Waals surface area contributed by atoms with Gasteiger partial charge in [-0.15, -0.1) is 0 Å². The summed E-state index contributed by atoms with van der Waals surface area (Å²) in [4.78, 5) is 0. The van der Waals surface area contributed by atoms with Gasteiger partial charge in [-0.1, -0.05) is 13.3 Å². The van der Waals surface area contributed by atoms with Crippen molar-refractivity contribution in [2.24, 2.45) is 0 Å². The van der Waals surface area contributed by atoms with Gasteiger partial charge >= 0.3 is 0 Å². The zero-order chi connectivity index (χ0) is 8.27. The molecular formula is C9H16N2. The highest BCUT2D eigenvalue weighted by Gasteiger charge is 2.03. The molecule has 0 aliphatic rings. The van der Waals surface area contributed by atoms with Gasteiger partial charge in [0.2, 0.25) is 0 Å². The normalized spacial score (nSPS) is 10.5. The molecule has 0 atom stereocenters. The molecule has 0 saturated heterocycles. The third kappa shape index (κ3) is 1.62. The van der Waals surface area contributed by atoms with E-state index in [2.05, 4.69) is 30.6 Å². The lowest BCUT2D eigenvalue weighted by atomic mass is 10.2. The van der Waals surface area contributed by atoms with Gasteiger partial charge in [-0.25, -0.2) is 0 Å². The molecule has 0 unspecified atom stereocenters. The van der Waals surface area contributed by atoms with E-state index in [9.17, 15) is 0 Å². The molecule has 0 saturated carbocycles. The fourth-order valence-electron chi connectivity index (χ4n) is 1.34. The summed E-state index contributed by atoms with van der Waals surface area (Å²) in [7, 11) is 0.